The normalized spacial score (nSPS) is 15.9. The molecule has 0 unspecified atom stereocenters. The van der Waals surface area contributed by atoms with Gasteiger partial charge in [0.1, 0.15) is 0 Å². The molecule has 0 spiro atoms. The van der Waals surface area contributed by atoms with E-state index < -0.39 is 0 Å². The highest BCUT2D eigenvalue weighted by molar-refractivity contribution is 6.36. The van der Waals surface area contributed by atoms with Crippen molar-refractivity contribution in [2.24, 2.45) is 0 Å². The molecule has 132 valence electrons. The van der Waals surface area contributed by atoms with Crippen molar-refractivity contribution in [3.05, 3.63) is 33.8 Å². The van der Waals surface area contributed by atoms with Crippen LogP contribution >= 0.6 is 23.2 Å². The van der Waals surface area contributed by atoms with E-state index >= 15 is 0 Å². The fraction of sp³-hybridized carbons (Fsp3) is 0.529. The molecule has 0 radical (unpaired) electrons. The number of hydrogen-bond donors (Lipinski definition) is 0. The van der Waals surface area contributed by atoms with Gasteiger partial charge in [-0.15, -0.1) is 0 Å². The standard InChI is InChI=1S/C17H22Cl2N2O3/c1-2-24-17(23)12-20-7-4-8-21(10-9-20)16(22)11-13-14(18)5-3-6-15(13)19/h3,5-6H,2,4,7-12H2,1H3. The first kappa shape index (κ1) is 19.0. The van der Waals surface area contributed by atoms with E-state index in [4.69, 9.17) is 27.9 Å². The van der Waals surface area contributed by atoms with Gasteiger partial charge < -0.3 is 9.64 Å². The first-order chi connectivity index (χ1) is 11.5. The van der Waals surface area contributed by atoms with Crippen LogP contribution in [0.25, 0.3) is 0 Å². The number of hydrogen-bond acceptors (Lipinski definition) is 4. The third-order valence-corrected chi connectivity index (χ3v) is 4.70. The van der Waals surface area contributed by atoms with Crippen LogP contribution in [0.5, 0.6) is 0 Å². The highest BCUT2D eigenvalue weighted by Crippen LogP contribution is 2.25. The summed E-state index contributed by atoms with van der Waals surface area (Å²) in [5, 5.41) is 1.02. The van der Waals surface area contributed by atoms with Crippen LogP contribution in [0.3, 0.4) is 0 Å². The lowest BCUT2D eigenvalue weighted by Gasteiger charge is -2.22. The predicted octanol–water partition coefficient (Wildman–Crippen LogP) is 2.63. The molecule has 1 aliphatic heterocycles. The van der Waals surface area contributed by atoms with Crippen molar-refractivity contribution in [2.75, 3.05) is 39.3 Å². The quantitative estimate of drug-likeness (QED) is 0.745. The van der Waals surface area contributed by atoms with Gasteiger partial charge in [-0.1, -0.05) is 29.3 Å². The summed E-state index contributed by atoms with van der Waals surface area (Å²) in [5.74, 6) is -0.219. The number of nitrogens with zero attached hydrogens (tertiary/aromatic N) is 2. The number of carbonyl (C=O) groups excluding carboxylic acids is 2. The lowest BCUT2D eigenvalue weighted by molar-refractivity contribution is -0.144. The average molecular weight is 373 g/mol. The van der Waals surface area contributed by atoms with Gasteiger partial charge in [0.2, 0.25) is 5.91 Å². The molecule has 1 aliphatic rings. The van der Waals surface area contributed by atoms with Gasteiger partial charge in [-0.3, -0.25) is 14.5 Å². The highest BCUT2D eigenvalue weighted by Gasteiger charge is 2.22. The minimum Gasteiger partial charge on any atom is -0.465 e. The Hall–Kier alpha value is -1.30. The zero-order valence-electron chi connectivity index (χ0n) is 13.8. The Labute approximate surface area is 152 Å². The monoisotopic (exact) mass is 372 g/mol. The van der Waals surface area contributed by atoms with Crippen molar-refractivity contribution < 1.29 is 14.3 Å². The third-order valence-electron chi connectivity index (χ3n) is 3.99. The summed E-state index contributed by atoms with van der Waals surface area (Å²) in [6, 6.07) is 5.23. The number of rotatable bonds is 5. The minimum absolute atomic E-state index is 0.00276. The van der Waals surface area contributed by atoms with Gasteiger partial charge in [-0.2, -0.15) is 0 Å². The fourth-order valence-electron chi connectivity index (χ4n) is 2.73. The molecule has 1 amide bonds. The van der Waals surface area contributed by atoms with Crippen LogP contribution in [0, 0.1) is 0 Å². The summed E-state index contributed by atoms with van der Waals surface area (Å²) in [6.45, 7) is 5.12. The summed E-state index contributed by atoms with van der Waals surface area (Å²) >= 11 is 12.3. The topological polar surface area (TPSA) is 49.9 Å². The lowest BCUT2D eigenvalue weighted by Crippen LogP contribution is -2.37. The fourth-order valence-corrected chi connectivity index (χ4v) is 3.26. The van der Waals surface area contributed by atoms with E-state index in [-0.39, 0.29) is 24.8 Å². The SMILES string of the molecule is CCOC(=O)CN1CCCN(C(=O)Cc2c(Cl)cccc2Cl)CC1. The maximum atomic E-state index is 12.6. The van der Waals surface area contributed by atoms with Crippen molar-refractivity contribution >= 4 is 35.1 Å². The van der Waals surface area contributed by atoms with E-state index in [1.807, 2.05) is 9.80 Å². The van der Waals surface area contributed by atoms with Crippen LogP contribution in [-0.2, 0) is 20.7 Å². The number of amides is 1. The van der Waals surface area contributed by atoms with Crippen molar-refractivity contribution in [1.29, 1.82) is 0 Å². The molecule has 1 heterocycles. The van der Waals surface area contributed by atoms with E-state index in [1.165, 1.54) is 0 Å². The smallest absolute Gasteiger partial charge is 0.320 e. The van der Waals surface area contributed by atoms with E-state index in [2.05, 4.69) is 0 Å². The summed E-state index contributed by atoms with van der Waals surface area (Å²) in [5.41, 5.74) is 0.665. The molecule has 1 saturated heterocycles. The van der Waals surface area contributed by atoms with E-state index in [0.29, 0.717) is 41.8 Å². The van der Waals surface area contributed by atoms with Crippen molar-refractivity contribution in [1.82, 2.24) is 9.80 Å². The number of ether oxygens (including phenoxy) is 1. The highest BCUT2D eigenvalue weighted by atomic mass is 35.5. The first-order valence-electron chi connectivity index (χ1n) is 8.10. The minimum atomic E-state index is -0.222. The third kappa shape index (κ3) is 5.36. The van der Waals surface area contributed by atoms with Crippen molar-refractivity contribution in [2.45, 2.75) is 19.8 Å². The summed E-state index contributed by atoms with van der Waals surface area (Å²) < 4.78 is 4.97. The number of esters is 1. The number of halogens is 2. The van der Waals surface area contributed by atoms with Crippen LogP contribution < -0.4 is 0 Å². The second-order valence-corrected chi connectivity index (χ2v) is 6.51. The number of carbonyl (C=O) groups is 2. The molecule has 1 aromatic carbocycles. The Bertz CT molecular complexity index is 575. The van der Waals surface area contributed by atoms with Gasteiger partial charge in [-0.25, -0.2) is 0 Å². The maximum Gasteiger partial charge on any atom is 0.320 e. The molecule has 0 saturated carbocycles. The Morgan fingerprint density at radius 2 is 1.83 bits per heavy atom. The molecule has 0 bridgehead atoms. The van der Waals surface area contributed by atoms with Crippen molar-refractivity contribution in [3.63, 3.8) is 0 Å². The molecular formula is C17H22Cl2N2O3. The van der Waals surface area contributed by atoms with Crippen molar-refractivity contribution in [3.8, 4) is 0 Å². The van der Waals surface area contributed by atoms with E-state index in [9.17, 15) is 9.59 Å². The lowest BCUT2D eigenvalue weighted by atomic mass is 10.1. The van der Waals surface area contributed by atoms with Gasteiger partial charge in [0.15, 0.2) is 0 Å². The molecule has 1 fully saturated rings. The van der Waals surface area contributed by atoms with Crippen LogP contribution in [-0.4, -0.2) is 61.0 Å². The summed E-state index contributed by atoms with van der Waals surface area (Å²) in [4.78, 5) is 28.0. The molecule has 0 N–H and O–H groups in total. The van der Waals surface area contributed by atoms with Crippen LogP contribution in [0.1, 0.15) is 18.9 Å². The largest absolute Gasteiger partial charge is 0.465 e. The molecule has 0 aromatic heterocycles. The molecular weight excluding hydrogens is 351 g/mol. The summed E-state index contributed by atoms with van der Waals surface area (Å²) in [6.07, 6.45) is 1.01. The van der Waals surface area contributed by atoms with Gasteiger partial charge >= 0.3 is 5.97 Å². The molecule has 2 rings (SSSR count). The Balaban J connectivity index is 1.91. The Kier molecular flexibility index (Phi) is 7.34. The molecule has 24 heavy (non-hydrogen) atoms. The van der Waals surface area contributed by atoms with E-state index in [1.54, 1.807) is 25.1 Å². The summed E-state index contributed by atoms with van der Waals surface area (Å²) in [7, 11) is 0. The zero-order valence-corrected chi connectivity index (χ0v) is 15.3. The molecule has 0 atom stereocenters. The zero-order chi connectivity index (χ0) is 17.5. The average Bonchev–Trinajstić information content (AvgIpc) is 2.77. The molecule has 5 nitrogen and oxygen atoms in total. The van der Waals surface area contributed by atoms with Crippen LogP contribution in [0.15, 0.2) is 18.2 Å². The number of benzene rings is 1. The maximum absolute atomic E-state index is 12.6. The van der Waals surface area contributed by atoms with Crippen LogP contribution in [0.2, 0.25) is 10.0 Å². The van der Waals surface area contributed by atoms with Gasteiger partial charge in [-0.05, 0) is 31.0 Å². The molecule has 0 aliphatic carbocycles. The van der Waals surface area contributed by atoms with E-state index in [0.717, 1.165) is 13.0 Å². The molecule has 7 heteroatoms. The van der Waals surface area contributed by atoms with Gasteiger partial charge in [0, 0.05) is 36.2 Å². The second kappa shape index (κ2) is 9.25. The van der Waals surface area contributed by atoms with Gasteiger partial charge in [0.25, 0.3) is 0 Å². The Morgan fingerprint density at radius 3 is 2.50 bits per heavy atom. The Morgan fingerprint density at radius 1 is 1.12 bits per heavy atom. The van der Waals surface area contributed by atoms with Gasteiger partial charge in [0.05, 0.1) is 19.6 Å². The van der Waals surface area contributed by atoms with Crippen LogP contribution in [0.4, 0.5) is 0 Å². The molecule has 1 aromatic rings. The predicted molar refractivity (Wildman–Crippen MR) is 94.4 cm³/mol. The first-order valence-corrected chi connectivity index (χ1v) is 8.85. The second-order valence-electron chi connectivity index (χ2n) is 5.69.